The summed E-state index contributed by atoms with van der Waals surface area (Å²) in [6.45, 7) is 4.46. The molecule has 1 rings (SSSR count). The van der Waals surface area contributed by atoms with Crippen molar-refractivity contribution in [3.63, 3.8) is 0 Å². The molecule has 94 valence electrons. The SMILES string of the molecule is C[C@H](O)[C@H]1CCCN(C[C@H](C#N)CCC#N)C1. The van der Waals surface area contributed by atoms with E-state index in [9.17, 15) is 5.11 Å². The maximum absolute atomic E-state index is 9.59. The molecule has 0 spiro atoms. The molecule has 0 aromatic rings. The monoisotopic (exact) mass is 235 g/mol. The molecule has 1 N–H and O–H groups in total. The van der Waals surface area contributed by atoms with Crippen LogP contribution >= 0.6 is 0 Å². The molecule has 4 nitrogen and oxygen atoms in total. The number of nitrogens with zero attached hydrogens (tertiary/aromatic N) is 3. The van der Waals surface area contributed by atoms with Crippen LogP contribution in [0.4, 0.5) is 0 Å². The molecule has 0 aliphatic carbocycles. The number of hydrogen-bond acceptors (Lipinski definition) is 4. The average molecular weight is 235 g/mol. The van der Waals surface area contributed by atoms with Gasteiger partial charge >= 0.3 is 0 Å². The van der Waals surface area contributed by atoms with Gasteiger partial charge in [-0.3, -0.25) is 0 Å². The third kappa shape index (κ3) is 4.73. The molecule has 1 saturated heterocycles. The van der Waals surface area contributed by atoms with Gasteiger partial charge in [-0.2, -0.15) is 10.5 Å². The highest BCUT2D eigenvalue weighted by Gasteiger charge is 2.24. The molecule has 0 bridgehead atoms. The van der Waals surface area contributed by atoms with E-state index in [1.165, 1.54) is 0 Å². The smallest absolute Gasteiger partial charge is 0.0669 e. The second-order valence-corrected chi connectivity index (χ2v) is 4.93. The first-order chi connectivity index (χ1) is 8.17. The van der Waals surface area contributed by atoms with Crippen molar-refractivity contribution in [3.8, 4) is 12.1 Å². The summed E-state index contributed by atoms with van der Waals surface area (Å²) in [4.78, 5) is 2.26. The minimum atomic E-state index is -0.266. The molecule has 0 saturated carbocycles. The molecule has 1 aliphatic rings. The van der Waals surface area contributed by atoms with Gasteiger partial charge in [0.05, 0.1) is 24.2 Å². The average Bonchev–Trinajstić information content (AvgIpc) is 2.34. The zero-order valence-corrected chi connectivity index (χ0v) is 10.5. The van der Waals surface area contributed by atoms with Crippen LogP contribution in [0.1, 0.15) is 32.6 Å². The molecule has 0 radical (unpaired) electrons. The quantitative estimate of drug-likeness (QED) is 0.784. The summed E-state index contributed by atoms with van der Waals surface area (Å²) in [5.74, 6) is 0.279. The summed E-state index contributed by atoms with van der Waals surface area (Å²) >= 11 is 0. The Morgan fingerprint density at radius 3 is 2.82 bits per heavy atom. The molecule has 1 heterocycles. The number of hydrogen-bond donors (Lipinski definition) is 1. The maximum atomic E-state index is 9.59. The third-order valence-electron chi connectivity index (χ3n) is 3.49. The predicted octanol–water partition coefficient (Wildman–Crippen LogP) is 1.52. The second-order valence-electron chi connectivity index (χ2n) is 4.93. The first-order valence-corrected chi connectivity index (χ1v) is 6.34. The highest BCUT2D eigenvalue weighted by atomic mass is 16.3. The Labute approximate surface area is 103 Å². The number of aliphatic hydroxyl groups excluding tert-OH is 1. The van der Waals surface area contributed by atoms with Crippen molar-refractivity contribution < 1.29 is 5.11 Å². The lowest BCUT2D eigenvalue weighted by Crippen LogP contribution is -2.41. The molecule has 0 aromatic heterocycles. The van der Waals surface area contributed by atoms with Crippen LogP contribution in [-0.4, -0.2) is 35.7 Å². The molecule has 1 aliphatic heterocycles. The zero-order chi connectivity index (χ0) is 12.7. The molecule has 0 amide bonds. The first-order valence-electron chi connectivity index (χ1n) is 6.34. The van der Waals surface area contributed by atoms with E-state index in [2.05, 4.69) is 17.0 Å². The van der Waals surface area contributed by atoms with Crippen molar-refractivity contribution in [2.24, 2.45) is 11.8 Å². The third-order valence-corrected chi connectivity index (χ3v) is 3.49. The van der Waals surface area contributed by atoms with Gasteiger partial charge in [0.1, 0.15) is 0 Å². The van der Waals surface area contributed by atoms with E-state index in [4.69, 9.17) is 10.5 Å². The van der Waals surface area contributed by atoms with E-state index in [1.807, 2.05) is 6.92 Å². The number of rotatable bonds is 5. The van der Waals surface area contributed by atoms with E-state index in [-0.39, 0.29) is 12.0 Å². The van der Waals surface area contributed by atoms with Gasteiger partial charge < -0.3 is 10.0 Å². The standard InChI is InChI=1S/C13H21N3O/c1-11(17)13-5-3-7-16(10-13)9-12(8-15)4-2-6-14/h11-13,17H,2-5,7,9-10H2,1H3/t11-,12-,13-/m0/s1. The van der Waals surface area contributed by atoms with Crippen molar-refractivity contribution in [2.45, 2.75) is 38.7 Å². The number of nitriles is 2. The van der Waals surface area contributed by atoms with Gasteiger partial charge in [-0.05, 0) is 38.6 Å². The number of aliphatic hydroxyl groups is 1. The lowest BCUT2D eigenvalue weighted by molar-refractivity contribution is 0.0589. The molecular weight excluding hydrogens is 214 g/mol. The van der Waals surface area contributed by atoms with Gasteiger partial charge in [-0.15, -0.1) is 0 Å². The second kappa shape index (κ2) is 7.27. The van der Waals surface area contributed by atoms with Crippen LogP contribution in [0, 0.1) is 34.5 Å². The van der Waals surface area contributed by atoms with E-state index in [0.717, 1.165) is 32.5 Å². The van der Waals surface area contributed by atoms with Crippen LogP contribution in [0.15, 0.2) is 0 Å². The Morgan fingerprint density at radius 2 is 2.24 bits per heavy atom. The van der Waals surface area contributed by atoms with Crippen molar-refractivity contribution in [1.29, 1.82) is 10.5 Å². The Morgan fingerprint density at radius 1 is 1.47 bits per heavy atom. The lowest BCUT2D eigenvalue weighted by Gasteiger charge is -2.34. The molecule has 0 unspecified atom stereocenters. The largest absolute Gasteiger partial charge is 0.393 e. The van der Waals surface area contributed by atoms with Crippen LogP contribution in [0.25, 0.3) is 0 Å². The maximum Gasteiger partial charge on any atom is 0.0669 e. The van der Waals surface area contributed by atoms with Gasteiger partial charge in [0.2, 0.25) is 0 Å². The van der Waals surface area contributed by atoms with Crippen molar-refractivity contribution in [3.05, 3.63) is 0 Å². The summed E-state index contributed by atoms with van der Waals surface area (Å²) < 4.78 is 0. The summed E-state index contributed by atoms with van der Waals surface area (Å²) in [7, 11) is 0. The van der Waals surface area contributed by atoms with E-state index in [0.29, 0.717) is 18.8 Å². The van der Waals surface area contributed by atoms with Crippen LogP contribution in [0.2, 0.25) is 0 Å². The van der Waals surface area contributed by atoms with Crippen LogP contribution in [0.3, 0.4) is 0 Å². The highest BCUT2D eigenvalue weighted by molar-refractivity contribution is 4.89. The van der Waals surface area contributed by atoms with Gasteiger partial charge in [0, 0.05) is 19.5 Å². The fraction of sp³-hybridized carbons (Fsp3) is 0.846. The summed E-state index contributed by atoms with van der Waals surface area (Å²) in [6.07, 6.45) is 3.00. The van der Waals surface area contributed by atoms with Crippen LogP contribution in [-0.2, 0) is 0 Å². The topological polar surface area (TPSA) is 71.0 Å². The lowest BCUT2D eigenvalue weighted by atomic mass is 9.92. The first kappa shape index (κ1) is 14.0. The molecule has 3 atom stereocenters. The highest BCUT2D eigenvalue weighted by Crippen LogP contribution is 2.21. The zero-order valence-electron chi connectivity index (χ0n) is 10.5. The minimum Gasteiger partial charge on any atom is -0.393 e. The van der Waals surface area contributed by atoms with Crippen LogP contribution < -0.4 is 0 Å². The van der Waals surface area contributed by atoms with Gasteiger partial charge in [0.15, 0.2) is 0 Å². The minimum absolute atomic E-state index is 0.0533. The predicted molar refractivity (Wildman–Crippen MR) is 64.8 cm³/mol. The normalized spacial score (nSPS) is 24.6. The van der Waals surface area contributed by atoms with Crippen LogP contribution in [0.5, 0.6) is 0 Å². The number of likely N-dealkylation sites (tertiary alicyclic amines) is 1. The van der Waals surface area contributed by atoms with Gasteiger partial charge in [-0.1, -0.05) is 0 Å². The van der Waals surface area contributed by atoms with Crippen molar-refractivity contribution in [2.75, 3.05) is 19.6 Å². The molecule has 0 aromatic carbocycles. The summed E-state index contributed by atoms with van der Waals surface area (Å²) in [6, 6.07) is 4.36. The Hall–Kier alpha value is -1.10. The van der Waals surface area contributed by atoms with E-state index >= 15 is 0 Å². The fourth-order valence-corrected chi connectivity index (χ4v) is 2.40. The van der Waals surface area contributed by atoms with Crippen molar-refractivity contribution >= 4 is 0 Å². The van der Waals surface area contributed by atoms with E-state index in [1.54, 1.807) is 0 Å². The molecule has 17 heavy (non-hydrogen) atoms. The summed E-state index contributed by atoms with van der Waals surface area (Å²) in [5.41, 5.74) is 0. The molecule has 4 heteroatoms. The fourth-order valence-electron chi connectivity index (χ4n) is 2.40. The molecule has 1 fully saturated rings. The van der Waals surface area contributed by atoms with Crippen molar-refractivity contribution in [1.82, 2.24) is 4.90 Å². The van der Waals surface area contributed by atoms with E-state index < -0.39 is 0 Å². The Kier molecular flexibility index (Phi) is 5.97. The Balaban J connectivity index is 2.39. The Bertz CT molecular complexity index is 303. The van der Waals surface area contributed by atoms with Gasteiger partial charge in [0.25, 0.3) is 0 Å². The molecular formula is C13H21N3O. The number of piperidine rings is 1. The summed E-state index contributed by atoms with van der Waals surface area (Å²) in [5, 5.41) is 27.1. The van der Waals surface area contributed by atoms with Gasteiger partial charge in [-0.25, -0.2) is 0 Å².